The van der Waals surface area contributed by atoms with Crippen LogP contribution in [-0.2, 0) is 7.05 Å². The Morgan fingerprint density at radius 3 is 2.69 bits per heavy atom. The predicted molar refractivity (Wildman–Crippen MR) is 105 cm³/mol. The van der Waals surface area contributed by atoms with Gasteiger partial charge in [0.05, 0.1) is 12.1 Å². The van der Waals surface area contributed by atoms with E-state index in [1.165, 1.54) is 4.57 Å². The molecule has 136 valence electrons. The molecular formula is C19H21ClN4O2. The Labute approximate surface area is 156 Å². The summed E-state index contributed by atoms with van der Waals surface area (Å²) in [5.41, 5.74) is 0.987. The van der Waals surface area contributed by atoms with Crippen molar-refractivity contribution in [1.29, 1.82) is 0 Å². The summed E-state index contributed by atoms with van der Waals surface area (Å²) < 4.78 is 1.49. The highest BCUT2D eigenvalue weighted by molar-refractivity contribution is 6.33. The average Bonchev–Trinajstić information content (AvgIpc) is 2.65. The van der Waals surface area contributed by atoms with Gasteiger partial charge in [0.15, 0.2) is 0 Å². The minimum Gasteiger partial charge on any atom is -0.394 e. The number of hydrogen-bond donors (Lipinski definition) is 2. The van der Waals surface area contributed by atoms with Crippen molar-refractivity contribution in [3.63, 3.8) is 0 Å². The summed E-state index contributed by atoms with van der Waals surface area (Å²) in [6.45, 7) is 3.81. The number of benzene rings is 1. The van der Waals surface area contributed by atoms with E-state index in [0.29, 0.717) is 34.2 Å². The molecule has 1 aromatic carbocycles. The van der Waals surface area contributed by atoms with Crippen LogP contribution in [0.3, 0.4) is 0 Å². The minimum atomic E-state index is -0.524. The third-order valence-electron chi connectivity index (χ3n) is 4.66. The maximum Gasteiger partial charge on any atom is 0.259 e. The first-order valence-electron chi connectivity index (χ1n) is 8.39. The van der Waals surface area contributed by atoms with Crippen LogP contribution >= 0.6 is 11.6 Å². The minimum absolute atomic E-state index is 0.0464. The first kappa shape index (κ1) is 18.4. The van der Waals surface area contributed by atoms with E-state index in [2.05, 4.69) is 15.3 Å². The Morgan fingerprint density at radius 1 is 1.31 bits per heavy atom. The van der Waals surface area contributed by atoms with Crippen LogP contribution in [0.25, 0.3) is 22.2 Å². The lowest BCUT2D eigenvalue weighted by molar-refractivity contribution is 0.218. The Bertz CT molecular complexity index is 1010. The van der Waals surface area contributed by atoms with E-state index >= 15 is 0 Å². The zero-order valence-corrected chi connectivity index (χ0v) is 15.7. The summed E-state index contributed by atoms with van der Waals surface area (Å²) in [4.78, 5) is 21.6. The van der Waals surface area contributed by atoms with Crippen molar-refractivity contribution in [3.05, 3.63) is 51.9 Å². The van der Waals surface area contributed by atoms with Gasteiger partial charge in [-0.2, -0.15) is 4.98 Å². The lowest BCUT2D eigenvalue weighted by atomic mass is 10.0. The van der Waals surface area contributed by atoms with Crippen LogP contribution in [0, 0.1) is 0 Å². The molecule has 0 fully saturated rings. The number of rotatable bonds is 5. The average molecular weight is 373 g/mol. The van der Waals surface area contributed by atoms with Crippen molar-refractivity contribution < 1.29 is 5.11 Å². The summed E-state index contributed by atoms with van der Waals surface area (Å²) in [5.74, 6) is 0.372. The Kier molecular flexibility index (Phi) is 4.98. The maximum atomic E-state index is 12.8. The number of pyridine rings is 1. The fourth-order valence-corrected chi connectivity index (χ4v) is 2.93. The highest BCUT2D eigenvalue weighted by Crippen LogP contribution is 2.27. The molecule has 0 aliphatic carbocycles. The lowest BCUT2D eigenvalue weighted by Gasteiger charge is -2.27. The van der Waals surface area contributed by atoms with Gasteiger partial charge in [0.1, 0.15) is 5.65 Å². The van der Waals surface area contributed by atoms with E-state index < -0.39 is 5.54 Å². The Hall–Kier alpha value is -2.44. The number of aliphatic hydroxyl groups excluding tert-OH is 1. The fourth-order valence-electron chi connectivity index (χ4n) is 2.69. The van der Waals surface area contributed by atoms with Gasteiger partial charge < -0.3 is 10.4 Å². The van der Waals surface area contributed by atoms with E-state index in [1.807, 2.05) is 32.0 Å². The van der Waals surface area contributed by atoms with E-state index in [1.54, 1.807) is 25.4 Å². The highest BCUT2D eigenvalue weighted by atomic mass is 35.5. The van der Waals surface area contributed by atoms with E-state index in [0.717, 1.165) is 5.39 Å². The molecule has 26 heavy (non-hydrogen) atoms. The summed E-state index contributed by atoms with van der Waals surface area (Å²) in [7, 11) is 1.67. The number of aromatic nitrogens is 3. The van der Waals surface area contributed by atoms with Crippen molar-refractivity contribution >= 4 is 28.6 Å². The van der Waals surface area contributed by atoms with Gasteiger partial charge in [0.25, 0.3) is 5.56 Å². The standard InChI is InChI=1S/C19H21ClN4O2/c1-4-19(2,11-25)23-18-21-10-12-9-14(13-7-5-6-8-15(13)20)17(26)24(3)16(12)22-18/h5-10,25H,4,11H2,1-3H3,(H,21,22,23). The van der Waals surface area contributed by atoms with Crippen LogP contribution in [0.4, 0.5) is 5.95 Å². The second-order valence-corrected chi connectivity index (χ2v) is 6.98. The first-order valence-corrected chi connectivity index (χ1v) is 8.77. The number of nitrogens with one attached hydrogen (secondary N) is 1. The van der Waals surface area contributed by atoms with Gasteiger partial charge in [-0.1, -0.05) is 36.7 Å². The lowest BCUT2D eigenvalue weighted by Crippen LogP contribution is -2.38. The molecule has 2 aromatic heterocycles. The zero-order chi connectivity index (χ0) is 18.9. The Balaban J connectivity index is 2.13. The van der Waals surface area contributed by atoms with Gasteiger partial charge in [-0.3, -0.25) is 9.36 Å². The molecule has 0 radical (unpaired) electrons. The number of hydrogen-bond acceptors (Lipinski definition) is 5. The van der Waals surface area contributed by atoms with Crippen molar-refractivity contribution in [2.75, 3.05) is 11.9 Å². The number of anilines is 1. The Morgan fingerprint density at radius 2 is 2.04 bits per heavy atom. The van der Waals surface area contributed by atoms with E-state index in [9.17, 15) is 9.90 Å². The molecule has 3 rings (SSSR count). The molecule has 0 bridgehead atoms. The van der Waals surface area contributed by atoms with Crippen molar-refractivity contribution in [2.24, 2.45) is 7.05 Å². The first-order chi connectivity index (χ1) is 12.4. The monoisotopic (exact) mass is 372 g/mol. The number of halogens is 1. The number of aliphatic hydroxyl groups is 1. The molecule has 2 heterocycles. The van der Waals surface area contributed by atoms with Gasteiger partial charge in [-0.05, 0) is 25.5 Å². The summed E-state index contributed by atoms with van der Waals surface area (Å²) in [5, 5.41) is 14.0. The second kappa shape index (κ2) is 7.05. The molecule has 0 saturated carbocycles. The largest absolute Gasteiger partial charge is 0.394 e. The van der Waals surface area contributed by atoms with E-state index in [4.69, 9.17) is 11.6 Å². The fraction of sp³-hybridized carbons (Fsp3) is 0.316. The van der Waals surface area contributed by atoms with Crippen LogP contribution in [0.15, 0.2) is 41.3 Å². The quantitative estimate of drug-likeness (QED) is 0.718. The van der Waals surface area contributed by atoms with Crippen LogP contribution in [0.1, 0.15) is 20.3 Å². The molecule has 1 atom stereocenters. The SMILES string of the molecule is CCC(C)(CO)Nc1ncc2cc(-c3ccccc3Cl)c(=O)n(C)c2n1. The topological polar surface area (TPSA) is 80.0 Å². The van der Waals surface area contributed by atoms with E-state index in [-0.39, 0.29) is 12.2 Å². The van der Waals surface area contributed by atoms with Gasteiger partial charge >= 0.3 is 0 Å². The molecular weight excluding hydrogens is 352 g/mol. The van der Waals surface area contributed by atoms with Gasteiger partial charge in [0, 0.05) is 34.8 Å². The molecule has 0 spiro atoms. The second-order valence-electron chi connectivity index (χ2n) is 6.57. The van der Waals surface area contributed by atoms with Gasteiger partial charge in [-0.15, -0.1) is 0 Å². The van der Waals surface area contributed by atoms with Crippen LogP contribution in [0.2, 0.25) is 5.02 Å². The van der Waals surface area contributed by atoms with Crippen LogP contribution in [-0.4, -0.2) is 31.8 Å². The number of fused-ring (bicyclic) bond motifs is 1. The summed E-state index contributed by atoms with van der Waals surface area (Å²) >= 11 is 6.25. The van der Waals surface area contributed by atoms with Crippen LogP contribution < -0.4 is 10.9 Å². The van der Waals surface area contributed by atoms with Crippen molar-refractivity contribution in [1.82, 2.24) is 14.5 Å². The zero-order valence-electron chi connectivity index (χ0n) is 15.0. The third kappa shape index (κ3) is 3.30. The molecule has 7 heteroatoms. The van der Waals surface area contributed by atoms with Crippen LogP contribution in [0.5, 0.6) is 0 Å². The third-order valence-corrected chi connectivity index (χ3v) is 4.99. The molecule has 2 N–H and O–H groups in total. The van der Waals surface area contributed by atoms with Gasteiger partial charge in [-0.25, -0.2) is 4.98 Å². The summed E-state index contributed by atoms with van der Waals surface area (Å²) in [6.07, 6.45) is 2.37. The molecule has 1 unspecified atom stereocenters. The van der Waals surface area contributed by atoms with Crippen molar-refractivity contribution in [3.8, 4) is 11.1 Å². The number of nitrogens with zero attached hydrogens (tertiary/aromatic N) is 3. The highest BCUT2D eigenvalue weighted by Gasteiger charge is 2.22. The molecule has 3 aromatic rings. The van der Waals surface area contributed by atoms with Crippen molar-refractivity contribution in [2.45, 2.75) is 25.8 Å². The molecule has 0 saturated heterocycles. The maximum absolute atomic E-state index is 12.8. The molecule has 0 amide bonds. The molecule has 6 nitrogen and oxygen atoms in total. The molecule has 0 aliphatic rings. The smallest absolute Gasteiger partial charge is 0.259 e. The summed E-state index contributed by atoms with van der Waals surface area (Å²) in [6, 6.07) is 8.99. The van der Waals surface area contributed by atoms with Gasteiger partial charge in [0.2, 0.25) is 5.95 Å². The normalized spacial score (nSPS) is 13.6. The predicted octanol–water partition coefficient (Wildman–Crippen LogP) is 3.22. The molecule has 0 aliphatic heterocycles. The number of aryl methyl sites for hydroxylation is 1.